The van der Waals surface area contributed by atoms with Crippen molar-refractivity contribution < 1.29 is 4.42 Å². The summed E-state index contributed by atoms with van der Waals surface area (Å²) in [5, 5.41) is 12.0. The molecule has 0 saturated carbocycles. The lowest BCUT2D eigenvalue weighted by Gasteiger charge is -2.35. The largest absolute Gasteiger partial charge is 0.455 e. The quantitative estimate of drug-likeness (QED) is 0.148. The molecule has 1 heterocycles. The molecule has 0 radical (unpaired) electrons. The number of benzene rings is 13. The molecule has 14 aromatic rings. The second-order valence-corrected chi connectivity index (χ2v) is 19.5. The van der Waals surface area contributed by atoms with Gasteiger partial charge in [-0.25, -0.2) is 0 Å². The van der Waals surface area contributed by atoms with Crippen LogP contribution in [-0.2, 0) is 5.41 Å². The van der Waals surface area contributed by atoms with E-state index in [1.165, 1.54) is 71.1 Å². The SMILES string of the molecule is c1ccc(-c2ccccc2N(c2ccc3c(c2)C(c2ccccc2)(c2ccccc2)c2ccccc2-3)c2ccc3oc4c(-c5ccc6c7ccccc7c7ccccc7c6c5)c5ccccc5cc4c3c2)cc1. The Bertz CT molecular complexity index is 4420. The number of anilines is 3. The molecule has 13 aromatic carbocycles. The van der Waals surface area contributed by atoms with E-state index in [4.69, 9.17) is 4.42 Å². The Hall–Kier alpha value is -9.50. The molecule has 0 spiro atoms. The first-order valence-electron chi connectivity index (χ1n) is 25.2. The maximum absolute atomic E-state index is 7.16. The van der Waals surface area contributed by atoms with Crippen molar-refractivity contribution in [2.75, 3.05) is 4.90 Å². The molecule has 0 N–H and O–H groups in total. The van der Waals surface area contributed by atoms with E-state index in [0.29, 0.717) is 0 Å². The number of rotatable bonds is 7. The molecular formula is C71H45NO. The van der Waals surface area contributed by atoms with Crippen LogP contribution in [0.1, 0.15) is 22.3 Å². The number of para-hydroxylation sites is 1. The Morgan fingerprint density at radius 3 is 1.55 bits per heavy atom. The lowest BCUT2D eigenvalue weighted by atomic mass is 9.67. The zero-order valence-corrected chi connectivity index (χ0v) is 39.8. The molecule has 1 aromatic heterocycles. The van der Waals surface area contributed by atoms with Crippen molar-refractivity contribution in [3.8, 4) is 33.4 Å². The number of furan rings is 1. The highest BCUT2D eigenvalue weighted by molar-refractivity contribution is 6.27. The van der Waals surface area contributed by atoms with Crippen LogP contribution in [0, 0.1) is 0 Å². The highest BCUT2D eigenvalue weighted by atomic mass is 16.3. The highest BCUT2D eigenvalue weighted by Crippen LogP contribution is 2.58. The summed E-state index contributed by atoms with van der Waals surface area (Å²) in [7, 11) is 0. The summed E-state index contributed by atoms with van der Waals surface area (Å²) in [5.74, 6) is 0. The minimum Gasteiger partial charge on any atom is -0.455 e. The van der Waals surface area contributed by atoms with Gasteiger partial charge < -0.3 is 9.32 Å². The molecule has 0 aliphatic heterocycles. The Labute approximate surface area is 423 Å². The zero-order valence-electron chi connectivity index (χ0n) is 39.8. The van der Waals surface area contributed by atoms with Crippen LogP contribution < -0.4 is 4.90 Å². The topological polar surface area (TPSA) is 16.4 Å². The van der Waals surface area contributed by atoms with Crippen LogP contribution in [0.15, 0.2) is 277 Å². The first-order chi connectivity index (χ1) is 36.2. The van der Waals surface area contributed by atoms with Crippen LogP contribution in [0.3, 0.4) is 0 Å². The predicted molar refractivity (Wildman–Crippen MR) is 307 cm³/mol. The second-order valence-electron chi connectivity index (χ2n) is 19.5. The van der Waals surface area contributed by atoms with E-state index in [-0.39, 0.29) is 0 Å². The number of hydrogen-bond donors (Lipinski definition) is 0. The summed E-state index contributed by atoms with van der Waals surface area (Å²) in [5.41, 5.74) is 16.4. The average Bonchev–Trinajstić information content (AvgIpc) is 3.98. The van der Waals surface area contributed by atoms with E-state index >= 15 is 0 Å². The van der Waals surface area contributed by atoms with Crippen molar-refractivity contribution in [2.24, 2.45) is 0 Å². The van der Waals surface area contributed by atoms with Crippen molar-refractivity contribution in [2.45, 2.75) is 5.41 Å². The van der Waals surface area contributed by atoms with Crippen molar-refractivity contribution in [1.82, 2.24) is 0 Å². The number of nitrogens with zero attached hydrogens (tertiary/aromatic N) is 1. The van der Waals surface area contributed by atoms with Crippen LogP contribution >= 0.6 is 0 Å². The van der Waals surface area contributed by atoms with E-state index < -0.39 is 5.41 Å². The monoisotopic (exact) mass is 927 g/mol. The van der Waals surface area contributed by atoms with Crippen molar-refractivity contribution in [1.29, 1.82) is 0 Å². The molecule has 2 nitrogen and oxygen atoms in total. The van der Waals surface area contributed by atoms with Gasteiger partial charge in [0.15, 0.2) is 0 Å². The summed E-state index contributed by atoms with van der Waals surface area (Å²) in [6, 6.07) is 100. The van der Waals surface area contributed by atoms with Crippen LogP contribution in [-0.4, -0.2) is 0 Å². The van der Waals surface area contributed by atoms with Gasteiger partial charge in [-0.1, -0.05) is 224 Å². The van der Waals surface area contributed by atoms with Gasteiger partial charge in [-0.05, 0) is 136 Å². The average molecular weight is 928 g/mol. The fraction of sp³-hybridized carbons (Fsp3) is 0.0141. The van der Waals surface area contributed by atoms with Gasteiger partial charge >= 0.3 is 0 Å². The van der Waals surface area contributed by atoms with Crippen molar-refractivity contribution >= 4 is 82.1 Å². The summed E-state index contributed by atoms with van der Waals surface area (Å²) in [6.45, 7) is 0. The fourth-order valence-corrected chi connectivity index (χ4v) is 12.6. The van der Waals surface area contributed by atoms with Crippen molar-refractivity contribution in [3.05, 3.63) is 295 Å². The Morgan fingerprint density at radius 2 is 0.836 bits per heavy atom. The Kier molecular flexibility index (Phi) is 9.21. The van der Waals surface area contributed by atoms with E-state index in [9.17, 15) is 0 Å². The lowest BCUT2D eigenvalue weighted by molar-refractivity contribution is 0.670. The smallest absolute Gasteiger partial charge is 0.143 e. The van der Waals surface area contributed by atoms with Gasteiger partial charge in [-0.2, -0.15) is 0 Å². The van der Waals surface area contributed by atoms with Crippen LogP contribution in [0.4, 0.5) is 17.1 Å². The molecule has 15 rings (SSSR count). The molecular weight excluding hydrogens is 883 g/mol. The summed E-state index contributed by atoms with van der Waals surface area (Å²) < 4.78 is 7.16. The molecule has 0 fully saturated rings. The summed E-state index contributed by atoms with van der Waals surface area (Å²) in [4.78, 5) is 2.46. The summed E-state index contributed by atoms with van der Waals surface area (Å²) >= 11 is 0. The normalized spacial score (nSPS) is 12.8. The Morgan fingerprint density at radius 1 is 0.301 bits per heavy atom. The lowest BCUT2D eigenvalue weighted by Crippen LogP contribution is -2.28. The van der Waals surface area contributed by atoms with E-state index in [2.05, 4.69) is 278 Å². The molecule has 0 amide bonds. The molecule has 0 atom stereocenters. The molecule has 1 aliphatic carbocycles. The standard InChI is InChI=1S/C71H45NO/c1-4-20-46(21-5-1)53-27-17-19-35-67(53)72(52-37-40-61-60-33-16-18-34-65(60)71(66(61)45-52,49-23-6-2-7-24-49)50-25-8-3-9-26-50)51-38-41-68-63(44-51)64-42-47-22-10-11-28-54(47)69(70(64)73-68)48-36-39-59-57-31-13-12-29-55(57)56-30-14-15-32-58(56)62(59)43-48/h1-45H. The van der Waals surface area contributed by atoms with Crippen LogP contribution in [0.5, 0.6) is 0 Å². The van der Waals surface area contributed by atoms with Gasteiger partial charge in [0.2, 0.25) is 0 Å². The van der Waals surface area contributed by atoms with Crippen LogP contribution in [0.2, 0.25) is 0 Å². The van der Waals surface area contributed by atoms with Crippen molar-refractivity contribution in [3.63, 3.8) is 0 Å². The first-order valence-corrected chi connectivity index (χ1v) is 25.2. The van der Waals surface area contributed by atoms with Gasteiger partial charge in [-0.15, -0.1) is 0 Å². The van der Waals surface area contributed by atoms with E-state index in [0.717, 1.165) is 66.6 Å². The molecule has 0 unspecified atom stereocenters. The zero-order chi connectivity index (χ0) is 48.0. The molecule has 2 heteroatoms. The third kappa shape index (κ3) is 6.17. The highest BCUT2D eigenvalue weighted by Gasteiger charge is 2.46. The minimum atomic E-state index is -0.556. The first kappa shape index (κ1) is 41.3. The Balaban J connectivity index is 0.984. The third-order valence-corrected chi connectivity index (χ3v) is 15.7. The molecule has 73 heavy (non-hydrogen) atoms. The van der Waals surface area contributed by atoms with Crippen LogP contribution in [0.25, 0.3) is 98.4 Å². The maximum atomic E-state index is 7.16. The molecule has 0 saturated heterocycles. The number of hydrogen-bond acceptors (Lipinski definition) is 2. The van der Waals surface area contributed by atoms with Gasteiger partial charge in [-0.3, -0.25) is 0 Å². The second kappa shape index (κ2) is 16.3. The molecule has 0 bridgehead atoms. The van der Waals surface area contributed by atoms with Gasteiger partial charge in [0.1, 0.15) is 11.2 Å². The maximum Gasteiger partial charge on any atom is 0.143 e. The molecule has 340 valence electrons. The van der Waals surface area contributed by atoms with Gasteiger partial charge in [0, 0.05) is 33.3 Å². The summed E-state index contributed by atoms with van der Waals surface area (Å²) in [6.07, 6.45) is 0. The molecule has 1 aliphatic rings. The van der Waals surface area contributed by atoms with Gasteiger partial charge in [0.05, 0.1) is 11.1 Å². The van der Waals surface area contributed by atoms with E-state index in [1.54, 1.807) is 0 Å². The number of fused-ring (bicyclic) bond motifs is 13. The fourth-order valence-electron chi connectivity index (χ4n) is 12.6. The third-order valence-electron chi connectivity index (χ3n) is 15.7. The van der Waals surface area contributed by atoms with E-state index in [1.807, 2.05) is 0 Å². The van der Waals surface area contributed by atoms with Gasteiger partial charge in [0.25, 0.3) is 0 Å². The minimum absolute atomic E-state index is 0.556. The predicted octanol–water partition coefficient (Wildman–Crippen LogP) is 19.4.